The molecule has 0 fully saturated rings. The average Bonchev–Trinajstić information content (AvgIpc) is 2.96. The van der Waals surface area contributed by atoms with E-state index in [1.54, 1.807) is 0 Å². The number of H-pyrrole nitrogens is 1. The van der Waals surface area contributed by atoms with Gasteiger partial charge in [0.15, 0.2) is 0 Å². The first-order valence-electron chi connectivity index (χ1n) is 7.15. The molecule has 3 aromatic rings. The summed E-state index contributed by atoms with van der Waals surface area (Å²) < 4.78 is 0. The summed E-state index contributed by atoms with van der Waals surface area (Å²) in [7, 11) is 4.02. The standard InChI is InChI=1S/C19H17N3/c1-22(2)17-9-7-14(8-10-17)11-16(13-20)19-12-15-5-3-4-6-18(15)21-19/h3-12,21H,1-2H3/b16-11+. The van der Waals surface area contributed by atoms with Crippen LogP contribution in [0.15, 0.2) is 54.6 Å². The van der Waals surface area contributed by atoms with Crippen molar-refractivity contribution in [1.29, 1.82) is 5.26 Å². The van der Waals surface area contributed by atoms with Crippen molar-refractivity contribution in [2.24, 2.45) is 0 Å². The summed E-state index contributed by atoms with van der Waals surface area (Å²) in [4.78, 5) is 5.35. The Balaban J connectivity index is 1.97. The van der Waals surface area contributed by atoms with E-state index in [0.717, 1.165) is 27.8 Å². The molecule has 1 N–H and O–H groups in total. The summed E-state index contributed by atoms with van der Waals surface area (Å²) in [5.74, 6) is 0. The molecule has 0 aliphatic carbocycles. The number of para-hydroxylation sites is 1. The van der Waals surface area contributed by atoms with Gasteiger partial charge in [-0.1, -0.05) is 30.3 Å². The summed E-state index contributed by atoms with van der Waals surface area (Å²) in [6, 6.07) is 20.5. The quantitative estimate of drug-likeness (QED) is 0.730. The van der Waals surface area contributed by atoms with E-state index < -0.39 is 0 Å². The van der Waals surface area contributed by atoms with Gasteiger partial charge in [-0.15, -0.1) is 0 Å². The first kappa shape index (κ1) is 14.0. The fourth-order valence-corrected chi connectivity index (χ4v) is 2.42. The van der Waals surface area contributed by atoms with E-state index in [1.807, 2.05) is 74.8 Å². The van der Waals surface area contributed by atoms with Crippen LogP contribution in [0, 0.1) is 11.3 Å². The molecule has 22 heavy (non-hydrogen) atoms. The van der Waals surface area contributed by atoms with E-state index in [9.17, 15) is 5.26 Å². The van der Waals surface area contributed by atoms with Gasteiger partial charge in [0, 0.05) is 30.7 Å². The Morgan fingerprint density at radius 3 is 2.45 bits per heavy atom. The maximum absolute atomic E-state index is 9.46. The molecule has 3 rings (SSSR count). The second kappa shape index (κ2) is 5.79. The summed E-state index contributed by atoms with van der Waals surface area (Å²) in [5, 5.41) is 10.6. The predicted octanol–water partition coefficient (Wildman–Crippen LogP) is 4.30. The van der Waals surface area contributed by atoms with Crippen LogP contribution in [0.4, 0.5) is 5.69 Å². The van der Waals surface area contributed by atoms with Gasteiger partial charge in [-0.05, 0) is 35.9 Å². The lowest BCUT2D eigenvalue weighted by atomic mass is 10.1. The Bertz CT molecular complexity index is 829. The zero-order valence-electron chi connectivity index (χ0n) is 12.7. The second-order valence-corrected chi connectivity index (χ2v) is 5.43. The Labute approximate surface area is 130 Å². The molecule has 0 bridgehead atoms. The molecule has 0 spiro atoms. The van der Waals surface area contributed by atoms with E-state index in [0.29, 0.717) is 5.57 Å². The topological polar surface area (TPSA) is 42.8 Å². The molecule has 1 aromatic heterocycles. The van der Waals surface area contributed by atoms with Crippen LogP contribution in [0.5, 0.6) is 0 Å². The van der Waals surface area contributed by atoms with Crippen LogP contribution in [0.2, 0.25) is 0 Å². The van der Waals surface area contributed by atoms with Gasteiger partial charge in [0.05, 0.1) is 11.3 Å². The number of nitriles is 1. The molecule has 0 unspecified atom stereocenters. The molecule has 0 saturated carbocycles. The number of benzene rings is 2. The van der Waals surface area contributed by atoms with Gasteiger partial charge in [-0.25, -0.2) is 0 Å². The first-order chi connectivity index (χ1) is 10.7. The first-order valence-corrected chi connectivity index (χ1v) is 7.15. The lowest BCUT2D eigenvalue weighted by molar-refractivity contribution is 1.13. The van der Waals surface area contributed by atoms with Crippen LogP contribution >= 0.6 is 0 Å². The maximum Gasteiger partial charge on any atom is 0.101 e. The molecule has 0 aliphatic heterocycles. The van der Waals surface area contributed by atoms with E-state index in [4.69, 9.17) is 0 Å². The number of allylic oxidation sites excluding steroid dienone is 1. The van der Waals surface area contributed by atoms with Crippen LogP contribution < -0.4 is 4.90 Å². The summed E-state index contributed by atoms with van der Waals surface area (Å²) in [6.45, 7) is 0. The predicted molar refractivity (Wildman–Crippen MR) is 92.6 cm³/mol. The molecule has 0 atom stereocenters. The highest BCUT2D eigenvalue weighted by Gasteiger charge is 2.05. The molecule has 3 nitrogen and oxygen atoms in total. The van der Waals surface area contributed by atoms with Crippen molar-refractivity contribution < 1.29 is 0 Å². The zero-order valence-corrected chi connectivity index (χ0v) is 12.7. The van der Waals surface area contributed by atoms with E-state index >= 15 is 0 Å². The second-order valence-electron chi connectivity index (χ2n) is 5.43. The molecular weight excluding hydrogens is 270 g/mol. The maximum atomic E-state index is 9.46. The SMILES string of the molecule is CN(C)c1ccc(/C=C(\C#N)c2cc3ccccc3[nH]2)cc1. The number of aromatic nitrogens is 1. The van der Waals surface area contributed by atoms with Crippen LogP contribution in [0.25, 0.3) is 22.6 Å². The monoisotopic (exact) mass is 287 g/mol. The molecule has 0 aliphatic rings. The normalized spacial score (nSPS) is 11.4. The minimum Gasteiger partial charge on any atom is -0.378 e. The number of aromatic amines is 1. The number of hydrogen-bond donors (Lipinski definition) is 1. The zero-order chi connectivity index (χ0) is 15.5. The van der Waals surface area contributed by atoms with Crippen molar-refractivity contribution >= 4 is 28.2 Å². The van der Waals surface area contributed by atoms with Crippen LogP contribution in [-0.2, 0) is 0 Å². The lowest BCUT2D eigenvalue weighted by Gasteiger charge is -2.11. The fourth-order valence-electron chi connectivity index (χ4n) is 2.42. The van der Waals surface area contributed by atoms with Crippen molar-refractivity contribution in [3.05, 3.63) is 65.9 Å². The van der Waals surface area contributed by atoms with Gasteiger partial charge >= 0.3 is 0 Å². The molecule has 3 heteroatoms. The largest absolute Gasteiger partial charge is 0.378 e. The van der Waals surface area contributed by atoms with Gasteiger partial charge in [-0.2, -0.15) is 5.26 Å². The molecule has 0 saturated heterocycles. The highest BCUT2D eigenvalue weighted by molar-refractivity contribution is 5.93. The van der Waals surface area contributed by atoms with Crippen LogP contribution in [-0.4, -0.2) is 19.1 Å². The lowest BCUT2D eigenvalue weighted by Crippen LogP contribution is -2.07. The van der Waals surface area contributed by atoms with E-state index in [2.05, 4.69) is 16.0 Å². The Kier molecular flexibility index (Phi) is 3.67. The van der Waals surface area contributed by atoms with Crippen molar-refractivity contribution in [3.8, 4) is 6.07 Å². The molecule has 0 amide bonds. The minimum absolute atomic E-state index is 0.633. The average molecular weight is 287 g/mol. The highest BCUT2D eigenvalue weighted by atomic mass is 15.1. The Morgan fingerprint density at radius 2 is 1.82 bits per heavy atom. The number of nitrogens with zero attached hydrogens (tertiary/aromatic N) is 2. The van der Waals surface area contributed by atoms with E-state index in [-0.39, 0.29) is 0 Å². The fraction of sp³-hybridized carbons (Fsp3) is 0.105. The third kappa shape index (κ3) is 2.72. The van der Waals surface area contributed by atoms with Gasteiger partial charge in [0.1, 0.15) is 6.07 Å². The van der Waals surface area contributed by atoms with Crippen molar-refractivity contribution in [1.82, 2.24) is 4.98 Å². The van der Waals surface area contributed by atoms with E-state index in [1.165, 1.54) is 0 Å². The summed E-state index contributed by atoms with van der Waals surface area (Å²) in [5.41, 5.74) is 4.68. The van der Waals surface area contributed by atoms with Crippen LogP contribution in [0.1, 0.15) is 11.3 Å². The molecule has 1 heterocycles. The van der Waals surface area contributed by atoms with Gasteiger partial charge in [-0.3, -0.25) is 0 Å². The number of nitrogens with one attached hydrogen (secondary N) is 1. The molecule has 2 aromatic carbocycles. The van der Waals surface area contributed by atoms with Crippen molar-refractivity contribution in [3.63, 3.8) is 0 Å². The minimum atomic E-state index is 0.633. The Morgan fingerprint density at radius 1 is 1.09 bits per heavy atom. The number of fused-ring (bicyclic) bond motifs is 1. The smallest absolute Gasteiger partial charge is 0.101 e. The highest BCUT2D eigenvalue weighted by Crippen LogP contribution is 2.23. The summed E-state index contributed by atoms with van der Waals surface area (Å²) >= 11 is 0. The van der Waals surface area contributed by atoms with Crippen LogP contribution in [0.3, 0.4) is 0 Å². The molecule has 108 valence electrons. The van der Waals surface area contributed by atoms with Gasteiger partial charge < -0.3 is 9.88 Å². The van der Waals surface area contributed by atoms with Gasteiger partial charge in [0.25, 0.3) is 0 Å². The number of hydrogen-bond acceptors (Lipinski definition) is 2. The molecule has 0 radical (unpaired) electrons. The van der Waals surface area contributed by atoms with Crippen molar-refractivity contribution in [2.75, 3.05) is 19.0 Å². The van der Waals surface area contributed by atoms with Crippen molar-refractivity contribution in [2.45, 2.75) is 0 Å². The molecular formula is C19H17N3. The van der Waals surface area contributed by atoms with Gasteiger partial charge in [0.2, 0.25) is 0 Å². The third-order valence-electron chi connectivity index (χ3n) is 3.66. The number of rotatable bonds is 3. The summed E-state index contributed by atoms with van der Waals surface area (Å²) in [6.07, 6.45) is 1.91. The Hall–Kier alpha value is -2.99. The number of anilines is 1. The third-order valence-corrected chi connectivity index (χ3v) is 3.66.